The zero-order valence-electron chi connectivity index (χ0n) is 7.55. The molecule has 0 aromatic carbocycles. The molecular formula is C7H7F4N3O. The SMILES string of the molecule is Cn1cc(NC(=O)C(F)(F)C(F)F)cn1. The number of hydrogen-bond acceptors (Lipinski definition) is 2. The molecule has 4 nitrogen and oxygen atoms in total. The van der Waals surface area contributed by atoms with E-state index in [2.05, 4.69) is 5.10 Å². The average Bonchev–Trinajstić information content (AvgIpc) is 2.50. The first-order valence-corrected chi connectivity index (χ1v) is 3.80. The standard InChI is InChI=1S/C7H7F4N3O/c1-14-3-4(2-12-14)13-6(15)7(10,11)5(8)9/h2-3,5H,1H3,(H,13,15). The zero-order chi connectivity index (χ0) is 11.6. The Balaban J connectivity index is 2.71. The summed E-state index contributed by atoms with van der Waals surface area (Å²) in [5.74, 6) is -6.75. The van der Waals surface area contributed by atoms with Gasteiger partial charge in [-0.15, -0.1) is 0 Å². The number of amides is 1. The first-order valence-electron chi connectivity index (χ1n) is 3.80. The number of carbonyl (C=O) groups excluding carboxylic acids is 1. The first kappa shape index (κ1) is 11.5. The monoisotopic (exact) mass is 225 g/mol. The lowest BCUT2D eigenvalue weighted by molar-refractivity contribution is -0.163. The van der Waals surface area contributed by atoms with E-state index in [-0.39, 0.29) is 5.69 Å². The number of carbonyl (C=O) groups is 1. The Hall–Kier alpha value is -1.60. The van der Waals surface area contributed by atoms with E-state index < -0.39 is 18.3 Å². The average molecular weight is 225 g/mol. The summed E-state index contributed by atoms with van der Waals surface area (Å²) in [7, 11) is 1.49. The molecule has 0 fully saturated rings. The lowest BCUT2D eigenvalue weighted by atomic mass is 10.3. The Kier molecular flexibility index (Phi) is 2.96. The smallest absolute Gasteiger partial charge is 0.318 e. The molecule has 0 aliphatic carbocycles. The third-order valence-corrected chi connectivity index (χ3v) is 1.54. The van der Waals surface area contributed by atoms with Crippen LogP contribution in [0.4, 0.5) is 23.2 Å². The van der Waals surface area contributed by atoms with Crippen LogP contribution in [0.5, 0.6) is 0 Å². The topological polar surface area (TPSA) is 46.9 Å². The number of alkyl halides is 4. The normalized spacial score (nSPS) is 11.9. The van der Waals surface area contributed by atoms with Crippen molar-refractivity contribution >= 4 is 11.6 Å². The maximum atomic E-state index is 12.4. The molecule has 1 aromatic rings. The van der Waals surface area contributed by atoms with Gasteiger partial charge in [-0.2, -0.15) is 13.9 Å². The Morgan fingerprint density at radius 2 is 2.20 bits per heavy atom. The van der Waals surface area contributed by atoms with Crippen LogP contribution in [0.2, 0.25) is 0 Å². The highest BCUT2D eigenvalue weighted by molar-refractivity contribution is 5.96. The molecule has 0 spiro atoms. The fourth-order valence-corrected chi connectivity index (χ4v) is 0.799. The number of hydrogen-bond donors (Lipinski definition) is 1. The van der Waals surface area contributed by atoms with E-state index in [0.717, 1.165) is 6.20 Å². The van der Waals surface area contributed by atoms with E-state index in [4.69, 9.17) is 0 Å². The summed E-state index contributed by atoms with van der Waals surface area (Å²) >= 11 is 0. The van der Waals surface area contributed by atoms with Gasteiger partial charge < -0.3 is 5.32 Å². The minimum Gasteiger partial charge on any atom is -0.318 e. The Labute approximate surface area is 81.9 Å². The molecular weight excluding hydrogens is 218 g/mol. The molecule has 1 heterocycles. The summed E-state index contributed by atoms with van der Waals surface area (Å²) in [5.41, 5.74) is -0.0668. The third-order valence-electron chi connectivity index (χ3n) is 1.54. The molecule has 0 aliphatic heterocycles. The highest BCUT2D eigenvalue weighted by Gasteiger charge is 2.49. The third kappa shape index (κ3) is 2.45. The second-order valence-electron chi connectivity index (χ2n) is 2.78. The van der Waals surface area contributed by atoms with Gasteiger partial charge in [0.1, 0.15) is 0 Å². The second-order valence-corrected chi connectivity index (χ2v) is 2.78. The number of halogens is 4. The van der Waals surface area contributed by atoms with Gasteiger partial charge in [-0.25, -0.2) is 8.78 Å². The van der Waals surface area contributed by atoms with Crippen molar-refractivity contribution in [2.45, 2.75) is 12.3 Å². The van der Waals surface area contributed by atoms with Gasteiger partial charge in [0.05, 0.1) is 11.9 Å². The van der Waals surface area contributed by atoms with E-state index in [1.165, 1.54) is 17.9 Å². The first-order chi connectivity index (χ1) is 6.84. The number of anilines is 1. The molecule has 0 unspecified atom stereocenters. The number of nitrogens with one attached hydrogen (secondary N) is 1. The van der Waals surface area contributed by atoms with Crippen molar-refractivity contribution in [2.75, 3.05) is 5.32 Å². The molecule has 1 amide bonds. The van der Waals surface area contributed by atoms with E-state index in [1.807, 2.05) is 0 Å². The molecule has 1 rings (SSSR count). The summed E-state index contributed by atoms with van der Waals surface area (Å²) in [4.78, 5) is 10.7. The molecule has 0 aliphatic rings. The van der Waals surface area contributed by atoms with Crippen molar-refractivity contribution in [3.63, 3.8) is 0 Å². The van der Waals surface area contributed by atoms with Crippen molar-refractivity contribution in [1.29, 1.82) is 0 Å². The van der Waals surface area contributed by atoms with Crippen molar-refractivity contribution < 1.29 is 22.4 Å². The molecule has 0 radical (unpaired) electrons. The molecule has 0 bridgehead atoms. The molecule has 0 atom stereocenters. The zero-order valence-corrected chi connectivity index (χ0v) is 7.55. The Bertz CT molecular complexity index is 363. The van der Waals surface area contributed by atoms with Gasteiger partial charge in [-0.3, -0.25) is 9.48 Å². The maximum absolute atomic E-state index is 12.4. The molecule has 84 valence electrons. The minimum atomic E-state index is -4.70. The van der Waals surface area contributed by atoms with Crippen molar-refractivity contribution in [3.8, 4) is 0 Å². The molecule has 1 aromatic heterocycles. The summed E-state index contributed by atoms with van der Waals surface area (Å²) in [6, 6.07) is 0. The van der Waals surface area contributed by atoms with Gasteiger partial charge in [-0.1, -0.05) is 0 Å². The maximum Gasteiger partial charge on any atom is 0.383 e. The molecule has 0 saturated heterocycles. The fraction of sp³-hybridized carbons (Fsp3) is 0.429. The van der Waals surface area contributed by atoms with Crippen LogP contribution in [0, 0.1) is 0 Å². The van der Waals surface area contributed by atoms with Crippen LogP contribution in [0.3, 0.4) is 0 Å². The summed E-state index contributed by atoms with van der Waals surface area (Å²) < 4.78 is 49.6. The summed E-state index contributed by atoms with van der Waals surface area (Å²) in [6.45, 7) is 0. The van der Waals surface area contributed by atoms with Gasteiger partial charge in [0.25, 0.3) is 0 Å². The van der Waals surface area contributed by atoms with Gasteiger partial charge in [0, 0.05) is 13.2 Å². The Morgan fingerprint density at radius 1 is 1.60 bits per heavy atom. The quantitative estimate of drug-likeness (QED) is 0.787. The van der Waals surface area contributed by atoms with Crippen LogP contribution in [0.25, 0.3) is 0 Å². The predicted molar refractivity (Wildman–Crippen MR) is 42.8 cm³/mol. The number of aryl methyl sites for hydroxylation is 1. The highest BCUT2D eigenvalue weighted by atomic mass is 19.3. The van der Waals surface area contributed by atoms with Crippen molar-refractivity contribution in [3.05, 3.63) is 12.4 Å². The van der Waals surface area contributed by atoms with E-state index in [0.29, 0.717) is 0 Å². The lowest BCUT2D eigenvalue weighted by Crippen LogP contribution is -2.40. The van der Waals surface area contributed by atoms with Crippen LogP contribution >= 0.6 is 0 Å². The van der Waals surface area contributed by atoms with Gasteiger partial charge in [0.2, 0.25) is 0 Å². The number of rotatable bonds is 3. The van der Waals surface area contributed by atoms with Crippen molar-refractivity contribution in [2.24, 2.45) is 7.05 Å². The molecule has 8 heteroatoms. The predicted octanol–water partition coefficient (Wildman–Crippen LogP) is 1.26. The van der Waals surface area contributed by atoms with Crippen molar-refractivity contribution in [1.82, 2.24) is 9.78 Å². The highest BCUT2D eigenvalue weighted by Crippen LogP contribution is 2.24. The molecule has 15 heavy (non-hydrogen) atoms. The largest absolute Gasteiger partial charge is 0.383 e. The van der Waals surface area contributed by atoms with Gasteiger partial charge >= 0.3 is 18.3 Å². The van der Waals surface area contributed by atoms with E-state index >= 15 is 0 Å². The number of aromatic nitrogens is 2. The minimum absolute atomic E-state index is 0.0668. The van der Waals surface area contributed by atoms with Gasteiger partial charge in [-0.05, 0) is 0 Å². The van der Waals surface area contributed by atoms with E-state index in [9.17, 15) is 22.4 Å². The van der Waals surface area contributed by atoms with Crippen LogP contribution < -0.4 is 5.32 Å². The summed E-state index contributed by atoms with van der Waals surface area (Å²) in [5, 5.41) is 5.20. The molecule has 1 N–H and O–H groups in total. The fourth-order valence-electron chi connectivity index (χ4n) is 0.799. The van der Waals surface area contributed by atoms with Gasteiger partial charge in [0.15, 0.2) is 0 Å². The van der Waals surface area contributed by atoms with Crippen LogP contribution in [0.15, 0.2) is 12.4 Å². The Morgan fingerprint density at radius 3 is 2.60 bits per heavy atom. The van der Waals surface area contributed by atoms with E-state index in [1.54, 1.807) is 5.32 Å². The lowest BCUT2D eigenvalue weighted by Gasteiger charge is -2.13. The molecule has 0 saturated carbocycles. The van der Waals surface area contributed by atoms with Crippen LogP contribution in [-0.4, -0.2) is 28.0 Å². The van der Waals surface area contributed by atoms with Crippen LogP contribution in [0.1, 0.15) is 0 Å². The number of nitrogens with zero attached hydrogens (tertiary/aromatic N) is 2. The second kappa shape index (κ2) is 3.87. The van der Waals surface area contributed by atoms with Crippen LogP contribution in [-0.2, 0) is 11.8 Å². The summed E-state index contributed by atoms with van der Waals surface area (Å²) in [6.07, 6.45) is -1.76.